The molecule has 30 heavy (non-hydrogen) atoms. The number of carbonyl (C=O) groups excluding carboxylic acids is 2. The highest BCUT2D eigenvalue weighted by atomic mass is 32.2. The molecule has 1 aliphatic heterocycles. The molecule has 158 valence electrons. The van der Waals surface area contributed by atoms with Gasteiger partial charge >= 0.3 is 0 Å². The van der Waals surface area contributed by atoms with Gasteiger partial charge < -0.3 is 15.5 Å². The van der Waals surface area contributed by atoms with Crippen LogP contribution in [-0.4, -0.2) is 46.9 Å². The van der Waals surface area contributed by atoms with Crippen molar-refractivity contribution in [3.8, 4) is 0 Å². The Balaban J connectivity index is 1.27. The average molecular weight is 430 g/mol. The van der Waals surface area contributed by atoms with Crippen LogP contribution in [0.1, 0.15) is 25.7 Å². The number of rotatable bonds is 7. The molecule has 1 saturated heterocycles. The van der Waals surface area contributed by atoms with Crippen molar-refractivity contribution >= 4 is 35.1 Å². The molecule has 2 N–H and O–H groups in total. The fraction of sp³-hybridized carbons (Fsp3) is 0.429. The Morgan fingerprint density at radius 3 is 2.70 bits per heavy atom. The lowest BCUT2D eigenvalue weighted by atomic mass is 9.97. The number of anilines is 2. The van der Waals surface area contributed by atoms with Crippen LogP contribution in [0.25, 0.3) is 0 Å². The Labute approximate surface area is 178 Å². The molecular weight excluding hydrogens is 405 g/mol. The molecule has 2 aromatic rings. The van der Waals surface area contributed by atoms with Crippen LogP contribution >= 0.6 is 11.8 Å². The van der Waals surface area contributed by atoms with E-state index in [1.54, 1.807) is 12.1 Å². The number of thioether (sulfide) groups is 1. The van der Waals surface area contributed by atoms with Crippen LogP contribution in [0, 0.1) is 11.7 Å². The predicted molar refractivity (Wildman–Crippen MR) is 114 cm³/mol. The topological polar surface area (TPSA) is 87.2 Å². The van der Waals surface area contributed by atoms with Crippen molar-refractivity contribution in [2.45, 2.75) is 36.8 Å². The Kier molecular flexibility index (Phi) is 6.47. The van der Waals surface area contributed by atoms with Crippen LogP contribution in [0.15, 0.2) is 41.4 Å². The van der Waals surface area contributed by atoms with Gasteiger partial charge in [0.2, 0.25) is 11.8 Å². The van der Waals surface area contributed by atoms with Gasteiger partial charge in [-0.15, -0.1) is 10.2 Å². The summed E-state index contributed by atoms with van der Waals surface area (Å²) < 4.78 is 13.6. The summed E-state index contributed by atoms with van der Waals surface area (Å²) in [6.45, 7) is 1.49. The van der Waals surface area contributed by atoms with Gasteiger partial charge in [-0.05, 0) is 49.9 Å². The minimum Gasteiger partial charge on any atom is -0.354 e. The molecule has 2 amide bonds. The van der Waals surface area contributed by atoms with Gasteiger partial charge in [-0.3, -0.25) is 9.59 Å². The molecule has 0 unspecified atom stereocenters. The smallest absolute Gasteiger partial charge is 0.234 e. The number of hydrogen-bond acceptors (Lipinski definition) is 6. The molecule has 2 aliphatic rings. The normalized spacial score (nSPS) is 18.7. The number of hydrogen-bond donors (Lipinski definition) is 2. The molecule has 7 nitrogen and oxygen atoms in total. The Morgan fingerprint density at radius 1 is 1.13 bits per heavy atom. The van der Waals surface area contributed by atoms with E-state index < -0.39 is 5.82 Å². The van der Waals surface area contributed by atoms with Gasteiger partial charge in [0.15, 0.2) is 5.82 Å². The molecule has 9 heteroatoms. The first-order chi connectivity index (χ1) is 14.6. The van der Waals surface area contributed by atoms with E-state index in [9.17, 15) is 14.0 Å². The third kappa shape index (κ3) is 5.47. The Morgan fingerprint density at radius 2 is 1.97 bits per heavy atom. The largest absolute Gasteiger partial charge is 0.354 e. The SMILES string of the molecule is O=C(CSc1ccc(N2CCC[C@@H](C(=O)NC3CC3)C2)nn1)Nc1ccccc1F. The number of benzene rings is 1. The summed E-state index contributed by atoms with van der Waals surface area (Å²) in [6, 6.07) is 10.1. The molecule has 2 heterocycles. The van der Waals surface area contributed by atoms with Gasteiger partial charge in [-0.1, -0.05) is 23.9 Å². The van der Waals surface area contributed by atoms with E-state index in [2.05, 4.69) is 25.7 Å². The van der Waals surface area contributed by atoms with Crippen molar-refractivity contribution in [1.29, 1.82) is 0 Å². The van der Waals surface area contributed by atoms with Gasteiger partial charge in [0.1, 0.15) is 10.8 Å². The fourth-order valence-electron chi connectivity index (χ4n) is 3.39. The second kappa shape index (κ2) is 9.42. The monoisotopic (exact) mass is 429 g/mol. The maximum Gasteiger partial charge on any atom is 0.234 e. The number of amides is 2. The summed E-state index contributed by atoms with van der Waals surface area (Å²) >= 11 is 1.24. The van der Waals surface area contributed by atoms with Crippen LogP contribution in [0.4, 0.5) is 15.9 Å². The number of halogens is 1. The van der Waals surface area contributed by atoms with E-state index in [-0.39, 0.29) is 29.2 Å². The maximum atomic E-state index is 13.6. The second-order valence-corrected chi connectivity index (χ2v) is 8.61. The van der Waals surface area contributed by atoms with Gasteiger partial charge in [0.25, 0.3) is 0 Å². The fourth-order valence-corrected chi connectivity index (χ4v) is 4.01. The first-order valence-corrected chi connectivity index (χ1v) is 11.1. The molecule has 1 aliphatic carbocycles. The van der Waals surface area contributed by atoms with E-state index >= 15 is 0 Å². The number of carbonyl (C=O) groups is 2. The molecule has 1 aromatic carbocycles. The van der Waals surface area contributed by atoms with Crippen molar-refractivity contribution in [2.24, 2.45) is 5.92 Å². The first kappa shape index (κ1) is 20.6. The zero-order valence-corrected chi connectivity index (χ0v) is 17.3. The zero-order valence-electron chi connectivity index (χ0n) is 16.5. The van der Waals surface area contributed by atoms with Gasteiger partial charge in [0, 0.05) is 19.1 Å². The zero-order chi connectivity index (χ0) is 20.9. The number of piperidine rings is 1. The van der Waals surface area contributed by atoms with Crippen LogP contribution in [0.2, 0.25) is 0 Å². The first-order valence-electron chi connectivity index (χ1n) is 10.1. The second-order valence-electron chi connectivity index (χ2n) is 7.61. The lowest BCUT2D eigenvalue weighted by Gasteiger charge is -2.32. The van der Waals surface area contributed by atoms with Crippen LogP contribution < -0.4 is 15.5 Å². The van der Waals surface area contributed by atoms with Crippen LogP contribution in [-0.2, 0) is 9.59 Å². The van der Waals surface area contributed by atoms with E-state index in [1.165, 1.54) is 23.9 Å². The molecular formula is C21H24FN5O2S. The minimum atomic E-state index is -0.467. The van der Waals surface area contributed by atoms with Gasteiger partial charge in [-0.2, -0.15) is 0 Å². The number of para-hydroxylation sites is 1. The van der Waals surface area contributed by atoms with Gasteiger partial charge in [-0.25, -0.2) is 4.39 Å². The molecule has 0 bridgehead atoms. The average Bonchev–Trinajstić information content (AvgIpc) is 3.58. The minimum absolute atomic E-state index is 0.0164. The van der Waals surface area contributed by atoms with Crippen molar-refractivity contribution < 1.29 is 14.0 Å². The Hall–Kier alpha value is -2.68. The summed E-state index contributed by atoms with van der Waals surface area (Å²) in [7, 11) is 0. The highest BCUT2D eigenvalue weighted by Gasteiger charge is 2.30. The van der Waals surface area contributed by atoms with Crippen LogP contribution in [0.5, 0.6) is 0 Å². The van der Waals surface area contributed by atoms with E-state index in [0.717, 1.165) is 38.0 Å². The van der Waals surface area contributed by atoms with Crippen molar-refractivity contribution in [3.05, 3.63) is 42.2 Å². The highest BCUT2D eigenvalue weighted by Crippen LogP contribution is 2.25. The Bertz CT molecular complexity index is 907. The third-order valence-electron chi connectivity index (χ3n) is 5.16. The van der Waals surface area contributed by atoms with Crippen molar-refractivity contribution in [1.82, 2.24) is 15.5 Å². The summed E-state index contributed by atoms with van der Waals surface area (Å²) in [5.41, 5.74) is 0.162. The quantitative estimate of drug-likeness (QED) is 0.658. The number of nitrogens with zero attached hydrogens (tertiary/aromatic N) is 3. The number of aromatic nitrogens is 2. The summed E-state index contributed by atoms with van der Waals surface area (Å²) in [5.74, 6) is 0.192. The molecule has 0 radical (unpaired) electrons. The lowest BCUT2D eigenvalue weighted by Crippen LogP contribution is -2.44. The standard InChI is InChI=1S/C21H24FN5O2S/c22-16-5-1-2-6-17(16)24-19(28)13-30-20-10-9-18(25-26-20)27-11-3-4-14(12-27)21(29)23-15-7-8-15/h1-2,5-6,9-10,14-15H,3-4,7-8,11-13H2,(H,23,29)(H,24,28)/t14-/m1/s1. The summed E-state index contributed by atoms with van der Waals surface area (Å²) in [6.07, 6.45) is 4.01. The number of nitrogens with one attached hydrogen (secondary N) is 2. The molecule has 0 spiro atoms. The molecule has 1 saturated carbocycles. The van der Waals surface area contributed by atoms with Crippen molar-refractivity contribution in [3.63, 3.8) is 0 Å². The van der Waals surface area contributed by atoms with Crippen LogP contribution in [0.3, 0.4) is 0 Å². The molecule has 1 atom stereocenters. The maximum absolute atomic E-state index is 13.6. The van der Waals surface area contributed by atoms with Crippen molar-refractivity contribution in [2.75, 3.05) is 29.1 Å². The third-order valence-corrected chi connectivity index (χ3v) is 6.09. The highest BCUT2D eigenvalue weighted by molar-refractivity contribution is 7.99. The lowest BCUT2D eigenvalue weighted by molar-refractivity contribution is -0.125. The van der Waals surface area contributed by atoms with E-state index in [4.69, 9.17) is 0 Å². The molecule has 2 fully saturated rings. The summed E-state index contributed by atoms with van der Waals surface area (Å²) in [5, 5.41) is 14.7. The predicted octanol–water partition coefficient (Wildman–Crippen LogP) is 2.84. The van der Waals surface area contributed by atoms with E-state index in [0.29, 0.717) is 17.6 Å². The van der Waals surface area contributed by atoms with Gasteiger partial charge in [0.05, 0.1) is 17.4 Å². The molecule has 4 rings (SSSR count). The molecule has 1 aromatic heterocycles. The van der Waals surface area contributed by atoms with E-state index in [1.807, 2.05) is 12.1 Å². The summed E-state index contributed by atoms with van der Waals surface area (Å²) in [4.78, 5) is 26.5.